The minimum Gasteiger partial charge on any atom is -0.468 e. The van der Waals surface area contributed by atoms with E-state index in [1.165, 1.54) is 95.3 Å². The number of methoxy groups -OCH3 is 1. The van der Waals surface area contributed by atoms with Crippen LogP contribution in [0.15, 0.2) is 0 Å². The van der Waals surface area contributed by atoms with Crippen molar-refractivity contribution in [3.8, 4) is 0 Å². The van der Waals surface area contributed by atoms with E-state index in [1.54, 1.807) is 11.8 Å². The molecule has 0 aromatic carbocycles. The van der Waals surface area contributed by atoms with Crippen LogP contribution in [-0.4, -0.2) is 56.7 Å². The van der Waals surface area contributed by atoms with Crippen LogP contribution in [0.3, 0.4) is 0 Å². The first-order chi connectivity index (χ1) is 17.1. The Morgan fingerprint density at radius 3 is 2.00 bits per heavy atom. The number of unbranched alkanes of at least 4 members (excludes halogenated alkanes) is 9. The molecule has 0 saturated carbocycles. The maximum atomic E-state index is 12.4. The number of alkyl carbamates (subject to hydrolysis) is 1. The third-order valence-electron chi connectivity index (χ3n) is 5.38. The monoisotopic (exact) mass is 581 g/mol. The molecular formula is C26H47NO5S4. The third kappa shape index (κ3) is 21.6. The molecule has 0 heterocycles. The highest BCUT2D eigenvalue weighted by molar-refractivity contribution is 8.47. The van der Waals surface area contributed by atoms with Gasteiger partial charge in [0, 0.05) is 18.2 Å². The standard InChI is InChI=1S/C26H47NO5S4/c1-6-7-8-9-10-11-12-13-14-15-18-35-25(33)36-22(23(29)31-5)20-26(3,4)27-24(30)32-17-16-19-34-21(2)28/h22H,6-20H2,1-5H3,(H,27,30). The molecule has 0 aromatic heterocycles. The molecule has 0 fully saturated rings. The van der Waals surface area contributed by atoms with E-state index < -0.39 is 16.9 Å². The number of ether oxygens (including phenoxy) is 2. The molecule has 0 aliphatic rings. The van der Waals surface area contributed by atoms with Crippen molar-refractivity contribution in [3.05, 3.63) is 0 Å². The highest BCUT2D eigenvalue weighted by Crippen LogP contribution is 2.29. The number of rotatable bonds is 20. The van der Waals surface area contributed by atoms with E-state index in [0.29, 0.717) is 18.6 Å². The first-order valence-electron chi connectivity index (χ1n) is 13.1. The molecule has 0 bridgehead atoms. The quantitative estimate of drug-likeness (QED) is 0.0881. The van der Waals surface area contributed by atoms with Gasteiger partial charge >= 0.3 is 12.1 Å². The fourth-order valence-corrected chi connectivity index (χ4v) is 6.92. The smallest absolute Gasteiger partial charge is 0.407 e. The number of thiocarbonyl (C=S) groups is 1. The number of esters is 1. The summed E-state index contributed by atoms with van der Waals surface area (Å²) >= 11 is 9.68. The summed E-state index contributed by atoms with van der Waals surface area (Å²) in [6.45, 7) is 7.68. The maximum Gasteiger partial charge on any atom is 0.407 e. The lowest BCUT2D eigenvalue weighted by atomic mass is 9.98. The van der Waals surface area contributed by atoms with Gasteiger partial charge in [-0.3, -0.25) is 9.59 Å². The van der Waals surface area contributed by atoms with E-state index in [2.05, 4.69) is 12.2 Å². The Morgan fingerprint density at radius 1 is 0.889 bits per heavy atom. The van der Waals surface area contributed by atoms with Gasteiger partial charge in [0.15, 0.2) is 5.12 Å². The Balaban J connectivity index is 4.24. The number of nitrogens with one attached hydrogen (secondary N) is 1. The Hall–Kier alpha value is -0.450. The predicted octanol–water partition coefficient (Wildman–Crippen LogP) is 7.76. The molecule has 36 heavy (non-hydrogen) atoms. The van der Waals surface area contributed by atoms with Gasteiger partial charge in [0.25, 0.3) is 0 Å². The molecule has 0 rings (SSSR count). The Kier molecular flexibility index (Phi) is 22.2. The van der Waals surface area contributed by atoms with Crippen molar-refractivity contribution in [3.63, 3.8) is 0 Å². The molecule has 1 N–H and O–H groups in total. The fourth-order valence-electron chi connectivity index (χ4n) is 3.47. The second-order valence-electron chi connectivity index (χ2n) is 9.45. The van der Waals surface area contributed by atoms with Gasteiger partial charge in [0.05, 0.1) is 13.7 Å². The van der Waals surface area contributed by atoms with Crippen molar-refractivity contribution in [1.29, 1.82) is 0 Å². The van der Waals surface area contributed by atoms with Gasteiger partial charge in [-0.2, -0.15) is 0 Å². The zero-order valence-corrected chi connectivity index (χ0v) is 26.1. The van der Waals surface area contributed by atoms with Crippen molar-refractivity contribution >= 4 is 68.2 Å². The number of amides is 1. The van der Waals surface area contributed by atoms with Crippen molar-refractivity contribution in [2.24, 2.45) is 0 Å². The molecule has 0 saturated heterocycles. The summed E-state index contributed by atoms with van der Waals surface area (Å²) in [6.07, 6.45) is 13.4. The van der Waals surface area contributed by atoms with Crippen LogP contribution in [0.2, 0.25) is 0 Å². The number of carbonyl (C=O) groups is 3. The van der Waals surface area contributed by atoms with Crippen molar-refractivity contribution in [2.45, 2.75) is 116 Å². The average Bonchev–Trinajstić information content (AvgIpc) is 2.80. The van der Waals surface area contributed by atoms with Crippen LogP contribution in [0.25, 0.3) is 0 Å². The van der Waals surface area contributed by atoms with Crippen molar-refractivity contribution in [2.75, 3.05) is 25.2 Å². The summed E-state index contributed by atoms with van der Waals surface area (Å²) in [5.41, 5.74) is -0.687. The van der Waals surface area contributed by atoms with E-state index in [1.807, 2.05) is 13.8 Å². The Bertz CT molecular complexity index is 646. The van der Waals surface area contributed by atoms with E-state index in [-0.39, 0.29) is 17.7 Å². The highest BCUT2D eigenvalue weighted by Gasteiger charge is 2.32. The van der Waals surface area contributed by atoms with Gasteiger partial charge < -0.3 is 14.8 Å². The lowest BCUT2D eigenvalue weighted by Crippen LogP contribution is -2.46. The van der Waals surface area contributed by atoms with Crippen LogP contribution in [0.5, 0.6) is 0 Å². The van der Waals surface area contributed by atoms with Gasteiger partial charge in [-0.25, -0.2) is 4.79 Å². The number of carbonyl (C=O) groups excluding carboxylic acids is 3. The van der Waals surface area contributed by atoms with Gasteiger partial charge in [0.1, 0.15) is 8.78 Å². The zero-order valence-electron chi connectivity index (χ0n) is 22.9. The maximum absolute atomic E-state index is 12.4. The van der Waals surface area contributed by atoms with Gasteiger partial charge in [-0.15, -0.1) is 11.8 Å². The van der Waals surface area contributed by atoms with Crippen LogP contribution in [-0.2, 0) is 19.1 Å². The predicted molar refractivity (Wildman–Crippen MR) is 161 cm³/mol. The van der Waals surface area contributed by atoms with Crippen LogP contribution in [0.4, 0.5) is 4.79 Å². The number of hydrogen-bond acceptors (Lipinski definition) is 9. The Labute approximate surface area is 237 Å². The van der Waals surface area contributed by atoms with E-state index in [0.717, 1.165) is 15.7 Å². The molecule has 0 spiro atoms. The first-order valence-corrected chi connectivity index (χ1v) is 16.4. The molecule has 0 radical (unpaired) electrons. The van der Waals surface area contributed by atoms with Crippen LogP contribution >= 0.6 is 47.5 Å². The topological polar surface area (TPSA) is 81.7 Å². The molecule has 10 heteroatoms. The summed E-state index contributed by atoms with van der Waals surface area (Å²) < 4.78 is 10.9. The Morgan fingerprint density at radius 2 is 1.44 bits per heavy atom. The molecule has 1 amide bonds. The van der Waals surface area contributed by atoms with Crippen LogP contribution in [0, 0.1) is 0 Å². The molecule has 1 unspecified atom stereocenters. The highest BCUT2D eigenvalue weighted by atomic mass is 32.2. The lowest BCUT2D eigenvalue weighted by molar-refractivity contribution is -0.140. The van der Waals surface area contributed by atoms with E-state index >= 15 is 0 Å². The van der Waals surface area contributed by atoms with Gasteiger partial charge in [-0.05, 0) is 38.9 Å². The molecule has 0 aliphatic carbocycles. The number of thioether (sulfide) groups is 3. The van der Waals surface area contributed by atoms with E-state index in [4.69, 9.17) is 21.7 Å². The van der Waals surface area contributed by atoms with Crippen LogP contribution < -0.4 is 5.32 Å². The van der Waals surface area contributed by atoms with Gasteiger partial charge in [0.2, 0.25) is 0 Å². The SMILES string of the molecule is CCCCCCCCCCCCSC(=S)SC(CC(C)(C)NC(=O)OCCCSC(C)=O)C(=O)OC. The second-order valence-corrected chi connectivity index (χ2v) is 14.2. The molecule has 0 aliphatic heterocycles. The average molecular weight is 582 g/mol. The fraction of sp³-hybridized carbons (Fsp3) is 0.846. The van der Waals surface area contributed by atoms with Crippen LogP contribution in [0.1, 0.15) is 105 Å². The van der Waals surface area contributed by atoms with Gasteiger partial charge in [-0.1, -0.05) is 100 Å². The second kappa shape index (κ2) is 22.5. The summed E-state index contributed by atoms with van der Waals surface area (Å²) in [7, 11) is 1.36. The summed E-state index contributed by atoms with van der Waals surface area (Å²) in [6, 6.07) is 0. The molecule has 6 nitrogen and oxygen atoms in total. The minimum atomic E-state index is -0.687. The largest absolute Gasteiger partial charge is 0.468 e. The van der Waals surface area contributed by atoms with Crippen molar-refractivity contribution in [1.82, 2.24) is 5.32 Å². The summed E-state index contributed by atoms with van der Waals surface area (Å²) in [5, 5.41) is 2.36. The molecule has 210 valence electrons. The molecule has 1 atom stereocenters. The third-order valence-corrected chi connectivity index (χ3v) is 9.13. The molecule has 0 aromatic rings. The summed E-state index contributed by atoms with van der Waals surface area (Å²) in [4.78, 5) is 35.5. The van der Waals surface area contributed by atoms with Crippen molar-refractivity contribution < 1.29 is 23.9 Å². The first kappa shape index (κ1) is 35.5. The zero-order chi connectivity index (χ0) is 27.2. The normalized spacial score (nSPS) is 12.1. The van der Waals surface area contributed by atoms with E-state index in [9.17, 15) is 14.4 Å². The lowest BCUT2D eigenvalue weighted by Gasteiger charge is -2.29. The summed E-state index contributed by atoms with van der Waals surface area (Å²) in [5.74, 6) is 1.21. The minimum absolute atomic E-state index is 0.0477. The number of hydrogen-bond donors (Lipinski definition) is 1. The molecular weight excluding hydrogens is 535 g/mol.